The fraction of sp³-hybridized carbons (Fsp3) is 0.286. The van der Waals surface area contributed by atoms with Gasteiger partial charge in [-0.3, -0.25) is 19.1 Å². The van der Waals surface area contributed by atoms with Crippen molar-refractivity contribution < 1.29 is 10.1 Å². The first-order chi connectivity index (χ1) is 13.4. The number of nitrogen functional groups attached to an aromatic ring is 1. The lowest BCUT2D eigenvalue weighted by Crippen LogP contribution is -2.86. The van der Waals surface area contributed by atoms with Crippen LogP contribution in [0, 0.1) is 0 Å². The summed E-state index contributed by atoms with van der Waals surface area (Å²) in [7, 11) is 0. The molecule has 0 aliphatic rings. The molecule has 1 atom stereocenters. The summed E-state index contributed by atoms with van der Waals surface area (Å²) < 4.78 is 1.24. The number of carbonyl (C=O) groups excluding carboxylic acids is 1. The first kappa shape index (κ1) is 19.6. The van der Waals surface area contributed by atoms with Crippen molar-refractivity contribution in [3.63, 3.8) is 0 Å². The number of anilines is 1. The zero-order valence-electron chi connectivity index (χ0n) is 16.1. The SMILES string of the molecule is CCCn1c(N)c(C(=O)C[NH2+][C@@H](C)c2cccc3ccccc23)c(=O)[nH]c1=O. The van der Waals surface area contributed by atoms with Gasteiger partial charge in [0.05, 0.1) is 0 Å². The van der Waals surface area contributed by atoms with E-state index in [1.807, 2.05) is 55.6 Å². The molecule has 7 nitrogen and oxygen atoms in total. The van der Waals surface area contributed by atoms with Gasteiger partial charge in [0, 0.05) is 12.1 Å². The molecule has 1 heterocycles. The van der Waals surface area contributed by atoms with Crippen LogP contribution in [0.3, 0.4) is 0 Å². The van der Waals surface area contributed by atoms with E-state index in [9.17, 15) is 14.4 Å². The summed E-state index contributed by atoms with van der Waals surface area (Å²) >= 11 is 0. The van der Waals surface area contributed by atoms with Crippen LogP contribution in [0.5, 0.6) is 0 Å². The van der Waals surface area contributed by atoms with E-state index >= 15 is 0 Å². The van der Waals surface area contributed by atoms with E-state index in [2.05, 4.69) is 11.1 Å². The lowest BCUT2D eigenvalue weighted by atomic mass is 9.99. The van der Waals surface area contributed by atoms with Gasteiger partial charge in [-0.1, -0.05) is 49.4 Å². The molecule has 3 aromatic rings. The lowest BCUT2D eigenvalue weighted by molar-refractivity contribution is -0.681. The standard InChI is InChI=1S/C21H24N4O3/c1-3-11-25-19(22)18(20(27)24-21(25)28)17(26)12-23-13(2)15-10-6-8-14-7-4-5-9-16(14)15/h4-10,13,23H,3,11-12,22H2,1-2H3,(H,24,27,28)/p+1/t13-/m0/s1. The number of rotatable bonds is 7. The Morgan fingerprint density at radius 3 is 2.64 bits per heavy atom. The molecule has 7 heteroatoms. The average molecular weight is 381 g/mol. The Bertz CT molecular complexity index is 1130. The van der Waals surface area contributed by atoms with E-state index in [4.69, 9.17) is 5.73 Å². The van der Waals surface area contributed by atoms with E-state index in [1.165, 1.54) is 4.57 Å². The second-order valence-corrected chi connectivity index (χ2v) is 6.89. The predicted molar refractivity (Wildman–Crippen MR) is 110 cm³/mol. The molecule has 0 unspecified atom stereocenters. The number of quaternary nitrogens is 1. The maximum Gasteiger partial charge on any atom is 0.329 e. The third kappa shape index (κ3) is 3.75. The van der Waals surface area contributed by atoms with Crippen LogP contribution in [0.2, 0.25) is 0 Å². The Balaban J connectivity index is 1.83. The fourth-order valence-electron chi connectivity index (χ4n) is 3.46. The second kappa shape index (κ2) is 8.22. The number of H-pyrrole nitrogens is 1. The van der Waals surface area contributed by atoms with Gasteiger partial charge in [-0.15, -0.1) is 0 Å². The van der Waals surface area contributed by atoms with Gasteiger partial charge in [0.25, 0.3) is 5.56 Å². The van der Waals surface area contributed by atoms with E-state index in [1.54, 1.807) is 0 Å². The van der Waals surface area contributed by atoms with E-state index in [-0.39, 0.29) is 24.0 Å². The molecule has 0 aliphatic carbocycles. The summed E-state index contributed by atoms with van der Waals surface area (Å²) in [5, 5.41) is 4.15. The van der Waals surface area contributed by atoms with Crippen molar-refractivity contribution in [3.05, 3.63) is 74.4 Å². The van der Waals surface area contributed by atoms with Crippen molar-refractivity contribution in [1.29, 1.82) is 0 Å². The average Bonchev–Trinajstić information content (AvgIpc) is 2.68. The number of hydrogen-bond acceptors (Lipinski definition) is 4. The number of nitrogens with two attached hydrogens (primary N) is 2. The van der Waals surface area contributed by atoms with Crippen LogP contribution in [0.25, 0.3) is 10.8 Å². The number of Topliss-reactive ketones (excluding diaryl/α,β-unsaturated/α-hetero) is 1. The van der Waals surface area contributed by atoms with Gasteiger partial charge < -0.3 is 11.1 Å². The van der Waals surface area contributed by atoms with Gasteiger partial charge >= 0.3 is 5.69 Å². The third-order valence-electron chi connectivity index (χ3n) is 4.94. The number of hydrogen-bond donors (Lipinski definition) is 3. The van der Waals surface area contributed by atoms with E-state index in [0.29, 0.717) is 13.0 Å². The van der Waals surface area contributed by atoms with E-state index in [0.717, 1.165) is 16.3 Å². The topological polar surface area (TPSA) is 115 Å². The zero-order chi connectivity index (χ0) is 20.3. The number of ketones is 1. The molecule has 0 spiro atoms. The highest BCUT2D eigenvalue weighted by atomic mass is 16.2. The van der Waals surface area contributed by atoms with Gasteiger partial charge in [0.1, 0.15) is 24.0 Å². The van der Waals surface area contributed by atoms with Crippen LogP contribution in [0.1, 0.15) is 42.2 Å². The largest absolute Gasteiger partial charge is 0.384 e. The summed E-state index contributed by atoms with van der Waals surface area (Å²) in [5.74, 6) is -0.456. The van der Waals surface area contributed by atoms with Gasteiger partial charge in [0.2, 0.25) is 5.78 Å². The molecule has 146 valence electrons. The van der Waals surface area contributed by atoms with Crippen LogP contribution in [0.4, 0.5) is 5.82 Å². The molecule has 1 aromatic heterocycles. The molecular weight excluding hydrogens is 356 g/mol. The third-order valence-corrected chi connectivity index (χ3v) is 4.94. The number of aromatic amines is 1. The Morgan fingerprint density at radius 2 is 1.89 bits per heavy atom. The van der Waals surface area contributed by atoms with Crippen LogP contribution in [0.15, 0.2) is 52.1 Å². The van der Waals surface area contributed by atoms with Crippen molar-refractivity contribution in [2.45, 2.75) is 32.9 Å². The van der Waals surface area contributed by atoms with Crippen molar-refractivity contribution >= 4 is 22.4 Å². The van der Waals surface area contributed by atoms with Crippen molar-refractivity contribution in [2.24, 2.45) is 0 Å². The summed E-state index contributed by atoms with van der Waals surface area (Å²) in [4.78, 5) is 39.0. The maximum atomic E-state index is 12.7. The molecule has 0 bridgehead atoms. The molecule has 5 N–H and O–H groups in total. The number of fused-ring (bicyclic) bond motifs is 1. The molecule has 0 amide bonds. The van der Waals surface area contributed by atoms with Crippen molar-refractivity contribution in [1.82, 2.24) is 9.55 Å². The molecule has 28 heavy (non-hydrogen) atoms. The smallest absolute Gasteiger partial charge is 0.329 e. The number of benzene rings is 2. The molecule has 0 saturated heterocycles. The van der Waals surface area contributed by atoms with Gasteiger partial charge in [-0.25, -0.2) is 4.79 Å². The second-order valence-electron chi connectivity index (χ2n) is 6.89. The van der Waals surface area contributed by atoms with Crippen molar-refractivity contribution in [2.75, 3.05) is 12.3 Å². The zero-order valence-corrected chi connectivity index (χ0v) is 16.1. The predicted octanol–water partition coefficient (Wildman–Crippen LogP) is 1.19. The Morgan fingerprint density at radius 1 is 1.18 bits per heavy atom. The Labute approximate surface area is 162 Å². The molecule has 3 rings (SSSR count). The first-order valence-corrected chi connectivity index (χ1v) is 9.40. The fourth-order valence-corrected chi connectivity index (χ4v) is 3.46. The summed E-state index contributed by atoms with van der Waals surface area (Å²) in [6.45, 7) is 4.30. The molecule has 0 saturated carbocycles. The van der Waals surface area contributed by atoms with E-state index < -0.39 is 17.0 Å². The Hall–Kier alpha value is -3.19. The summed E-state index contributed by atoms with van der Waals surface area (Å²) in [6.07, 6.45) is 0.661. The highest BCUT2D eigenvalue weighted by Gasteiger charge is 2.22. The van der Waals surface area contributed by atoms with Crippen LogP contribution in [-0.4, -0.2) is 21.9 Å². The lowest BCUT2D eigenvalue weighted by Gasteiger charge is -2.14. The minimum Gasteiger partial charge on any atom is -0.384 e. The van der Waals surface area contributed by atoms with Gasteiger partial charge in [-0.2, -0.15) is 0 Å². The van der Waals surface area contributed by atoms with Crippen LogP contribution < -0.4 is 22.3 Å². The van der Waals surface area contributed by atoms with Crippen LogP contribution in [-0.2, 0) is 6.54 Å². The van der Waals surface area contributed by atoms with Gasteiger partial charge in [0.15, 0.2) is 0 Å². The van der Waals surface area contributed by atoms with Crippen molar-refractivity contribution in [3.8, 4) is 0 Å². The first-order valence-electron chi connectivity index (χ1n) is 9.40. The molecular formula is C21H25N4O3+. The summed E-state index contributed by atoms with van der Waals surface area (Å²) in [5.41, 5.74) is 5.62. The van der Waals surface area contributed by atoms with Crippen LogP contribution >= 0.6 is 0 Å². The summed E-state index contributed by atoms with van der Waals surface area (Å²) in [6, 6.07) is 14.2. The molecule has 2 aromatic carbocycles. The maximum absolute atomic E-state index is 12.7. The van der Waals surface area contributed by atoms with Gasteiger partial charge in [-0.05, 0) is 24.1 Å². The highest BCUT2D eigenvalue weighted by molar-refractivity contribution is 6.00. The molecule has 0 fully saturated rings. The normalized spacial score (nSPS) is 12.2. The minimum absolute atomic E-state index is 0.0110. The minimum atomic E-state index is -0.730. The number of nitrogens with zero attached hydrogens (tertiary/aromatic N) is 1. The monoisotopic (exact) mass is 381 g/mol. The Kier molecular flexibility index (Phi) is 5.75. The number of nitrogens with one attached hydrogen (secondary N) is 1. The number of aromatic nitrogens is 2. The highest BCUT2D eigenvalue weighted by Crippen LogP contribution is 2.22. The molecule has 0 aliphatic heterocycles. The molecule has 0 radical (unpaired) electrons. The number of carbonyl (C=O) groups is 1. The quantitative estimate of drug-likeness (QED) is 0.533.